The fourth-order valence-electron chi connectivity index (χ4n) is 1.97. The van der Waals surface area contributed by atoms with Gasteiger partial charge in [0.25, 0.3) is 5.91 Å². The first-order chi connectivity index (χ1) is 12.4. The minimum Gasteiger partial charge on any atom is -0.455 e. The van der Waals surface area contributed by atoms with Gasteiger partial charge in [-0.05, 0) is 38.1 Å². The molecule has 1 heterocycles. The third kappa shape index (κ3) is 6.02. The van der Waals surface area contributed by atoms with Crippen LogP contribution in [0.1, 0.15) is 17.0 Å². The molecule has 0 fully saturated rings. The lowest BCUT2D eigenvalue weighted by Gasteiger charge is -2.08. The minimum atomic E-state index is -0.570. The molecule has 2 aromatic rings. The maximum Gasteiger partial charge on any atom is 0.316 e. The number of halogens is 1. The van der Waals surface area contributed by atoms with Gasteiger partial charge < -0.3 is 10.1 Å². The van der Waals surface area contributed by atoms with Crippen LogP contribution in [0.5, 0.6) is 0 Å². The molecule has 0 unspecified atom stereocenters. The quantitative estimate of drug-likeness (QED) is 0.459. The van der Waals surface area contributed by atoms with Gasteiger partial charge in [0.15, 0.2) is 11.8 Å². The zero-order valence-electron chi connectivity index (χ0n) is 14.1. The molecule has 0 bridgehead atoms. The molecule has 0 saturated carbocycles. The molecule has 0 atom stereocenters. The van der Waals surface area contributed by atoms with Crippen LogP contribution >= 0.6 is 23.4 Å². The molecule has 1 aromatic heterocycles. The first-order valence-corrected chi connectivity index (χ1v) is 8.84. The summed E-state index contributed by atoms with van der Waals surface area (Å²) in [6.45, 7) is 3.21. The van der Waals surface area contributed by atoms with Gasteiger partial charge in [-0.3, -0.25) is 9.59 Å². The van der Waals surface area contributed by atoms with Gasteiger partial charge in [-0.1, -0.05) is 23.4 Å². The van der Waals surface area contributed by atoms with Crippen molar-refractivity contribution in [2.75, 3.05) is 17.7 Å². The van der Waals surface area contributed by atoms with Crippen LogP contribution in [0.4, 0.5) is 5.69 Å². The normalized spacial score (nSPS) is 10.1. The summed E-state index contributed by atoms with van der Waals surface area (Å²) in [5, 5.41) is 12.4. The molecule has 1 amide bonds. The third-order valence-corrected chi connectivity index (χ3v) is 4.08. The summed E-state index contributed by atoms with van der Waals surface area (Å²) in [7, 11) is 0. The number of thioether (sulfide) groups is 1. The summed E-state index contributed by atoms with van der Waals surface area (Å²) in [4.78, 5) is 32.1. The van der Waals surface area contributed by atoms with E-state index in [-0.39, 0.29) is 17.0 Å². The molecule has 0 aliphatic heterocycles. The van der Waals surface area contributed by atoms with Crippen molar-refractivity contribution in [3.63, 3.8) is 0 Å². The van der Waals surface area contributed by atoms with E-state index in [4.69, 9.17) is 21.6 Å². The van der Waals surface area contributed by atoms with Gasteiger partial charge in [0.2, 0.25) is 0 Å². The van der Waals surface area contributed by atoms with Crippen molar-refractivity contribution in [2.24, 2.45) is 0 Å². The standard InChI is InChI=1S/C17H15ClN4O3S/c1-10-5-11(2)21-17(20-10)26-9-16(24)25-8-15(23)22-14-6-13(18)4-3-12(14)7-19/h3-6H,8-9H2,1-2H3,(H,22,23). The number of hydrogen-bond acceptors (Lipinski definition) is 7. The lowest BCUT2D eigenvalue weighted by Crippen LogP contribution is -2.22. The van der Waals surface area contributed by atoms with Gasteiger partial charge >= 0.3 is 5.97 Å². The van der Waals surface area contributed by atoms with Crippen molar-refractivity contribution in [1.82, 2.24) is 9.97 Å². The number of aromatic nitrogens is 2. The van der Waals surface area contributed by atoms with E-state index in [2.05, 4.69) is 15.3 Å². The number of aryl methyl sites for hydroxylation is 2. The molecule has 134 valence electrons. The average Bonchev–Trinajstić information content (AvgIpc) is 2.57. The number of hydrogen-bond donors (Lipinski definition) is 1. The Bertz CT molecular complexity index is 863. The van der Waals surface area contributed by atoms with E-state index < -0.39 is 18.5 Å². The first-order valence-electron chi connectivity index (χ1n) is 7.47. The van der Waals surface area contributed by atoms with Gasteiger partial charge in [0, 0.05) is 16.4 Å². The Morgan fingerprint density at radius 2 is 1.96 bits per heavy atom. The molecule has 2 rings (SSSR count). The van der Waals surface area contributed by atoms with Gasteiger partial charge in [0.1, 0.15) is 6.07 Å². The van der Waals surface area contributed by atoms with E-state index in [9.17, 15) is 9.59 Å². The second-order valence-corrected chi connectivity index (χ2v) is 6.61. The molecular formula is C17H15ClN4O3S. The predicted octanol–water partition coefficient (Wildman–Crippen LogP) is 2.89. The Balaban J connectivity index is 1.83. The molecule has 7 nitrogen and oxygen atoms in total. The number of carbonyl (C=O) groups excluding carboxylic acids is 2. The highest BCUT2D eigenvalue weighted by molar-refractivity contribution is 7.99. The molecule has 9 heteroatoms. The van der Waals surface area contributed by atoms with Crippen molar-refractivity contribution >= 4 is 40.9 Å². The third-order valence-electron chi connectivity index (χ3n) is 3.02. The lowest BCUT2D eigenvalue weighted by molar-refractivity contribution is -0.144. The summed E-state index contributed by atoms with van der Waals surface area (Å²) in [5.74, 6) is -1.15. The number of carbonyl (C=O) groups is 2. The number of nitriles is 1. The number of anilines is 1. The topological polar surface area (TPSA) is 105 Å². The molecule has 26 heavy (non-hydrogen) atoms. The van der Waals surface area contributed by atoms with E-state index in [0.29, 0.717) is 10.2 Å². The van der Waals surface area contributed by atoms with Crippen LogP contribution in [0.25, 0.3) is 0 Å². The minimum absolute atomic E-state index is 0.0171. The molecular weight excluding hydrogens is 376 g/mol. The number of benzene rings is 1. The van der Waals surface area contributed by atoms with Gasteiger partial charge in [-0.15, -0.1) is 0 Å². The maximum atomic E-state index is 11.9. The Morgan fingerprint density at radius 1 is 1.27 bits per heavy atom. The monoisotopic (exact) mass is 390 g/mol. The highest BCUT2D eigenvalue weighted by Gasteiger charge is 2.12. The predicted molar refractivity (Wildman–Crippen MR) is 98.0 cm³/mol. The van der Waals surface area contributed by atoms with Crippen LogP contribution in [0, 0.1) is 25.2 Å². The summed E-state index contributed by atoms with van der Waals surface area (Å²) in [6.07, 6.45) is 0. The van der Waals surface area contributed by atoms with Crippen molar-refractivity contribution in [3.8, 4) is 6.07 Å². The van der Waals surface area contributed by atoms with Gasteiger partial charge in [-0.25, -0.2) is 9.97 Å². The van der Waals surface area contributed by atoms with Crippen LogP contribution in [0.2, 0.25) is 5.02 Å². The molecule has 0 aliphatic carbocycles. The van der Waals surface area contributed by atoms with Gasteiger partial charge in [-0.2, -0.15) is 5.26 Å². The molecule has 0 spiro atoms. The second-order valence-electron chi connectivity index (χ2n) is 5.23. The van der Waals surface area contributed by atoms with Gasteiger partial charge in [0.05, 0.1) is 17.0 Å². The number of rotatable bonds is 6. The zero-order chi connectivity index (χ0) is 19.1. The summed E-state index contributed by atoms with van der Waals surface area (Å²) in [5.41, 5.74) is 2.14. The number of ether oxygens (including phenoxy) is 1. The molecule has 0 aliphatic rings. The van der Waals surface area contributed by atoms with Crippen LogP contribution in [0.15, 0.2) is 29.4 Å². The second kappa shape index (κ2) is 9.17. The van der Waals surface area contributed by atoms with E-state index in [1.54, 1.807) is 6.07 Å². The Kier molecular flexibility index (Phi) is 6.95. The smallest absolute Gasteiger partial charge is 0.316 e. The largest absolute Gasteiger partial charge is 0.455 e. The number of esters is 1. The van der Waals surface area contributed by atoms with Crippen molar-refractivity contribution in [1.29, 1.82) is 5.26 Å². The Morgan fingerprint density at radius 3 is 2.62 bits per heavy atom. The van der Waals surface area contributed by atoms with E-state index in [0.717, 1.165) is 23.1 Å². The highest BCUT2D eigenvalue weighted by atomic mass is 35.5. The summed E-state index contributed by atoms with van der Waals surface area (Å²) in [6, 6.07) is 8.26. The first kappa shape index (κ1) is 19.7. The van der Waals surface area contributed by atoms with Crippen molar-refractivity contribution in [3.05, 3.63) is 46.2 Å². The SMILES string of the molecule is Cc1cc(C)nc(SCC(=O)OCC(=O)Nc2cc(Cl)ccc2C#N)n1. The lowest BCUT2D eigenvalue weighted by atomic mass is 10.2. The molecule has 1 N–H and O–H groups in total. The Hall–Kier alpha value is -2.63. The van der Waals surface area contributed by atoms with E-state index >= 15 is 0 Å². The summed E-state index contributed by atoms with van der Waals surface area (Å²) < 4.78 is 4.92. The summed E-state index contributed by atoms with van der Waals surface area (Å²) >= 11 is 6.98. The highest BCUT2D eigenvalue weighted by Crippen LogP contribution is 2.20. The fraction of sp³-hybridized carbons (Fsp3) is 0.235. The number of nitrogens with one attached hydrogen (secondary N) is 1. The average molecular weight is 391 g/mol. The van der Waals surface area contributed by atoms with Crippen molar-refractivity contribution < 1.29 is 14.3 Å². The van der Waals surface area contributed by atoms with Crippen LogP contribution in [-0.2, 0) is 14.3 Å². The van der Waals surface area contributed by atoms with Crippen LogP contribution in [-0.4, -0.2) is 34.2 Å². The fourth-order valence-corrected chi connectivity index (χ4v) is 2.89. The number of nitrogens with zero attached hydrogens (tertiary/aromatic N) is 3. The molecule has 0 saturated heterocycles. The maximum absolute atomic E-state index is 11.9. The number of amides is 1. The van der Waals surface area contributed by atoms with E-state index in [1.165, 1.54) is 12.1 Å². The van der Waals surface area contributed by atoms with E-state index in [1.807, 2.05) is 26.0 Å². The zero-order valence-corrected chi connectivity index (χ0v) is 15.6. The Labute approximate surface area is 159 Å². The van der Waals surface area contributed by atoms with Crippen molar-refractivity contribution in [2.45, 2.75) is 19.0 Å². The van der Waals surface area contributed by atoms with Crippen LogP contribution < -0.4 is 5.32 Å². The molecule has 1 aromatic carbocycles. The van der Waals surface area contributed by atoms with Crippen LogP contribution in [0.3, 0.4) is 0 Å². The molecule has 0 radical (unpaired) electrons.